The number of pyridine rings is 2. The molecule has 1 amide bonds. The Hall–Kier alpha value is -3.03. The molecule has 0 aliphatic carbocycles. The minimum absolute atomic E-state index is 0.00166. The Labute approximate surface area is 202 Å². The normalized spacial score (nSPS) is 12.9. The third-order valence-corrected chi connectivity index (χ3v) is 6.19. The Morgan fingerprint density at radius 2 is 1.94 bits per heavy atom. The molecule has 3 rings (SSSR count). The Balaban J connectivity index is 2.24. The summed E-state index contributed by atoms with van der Waals surface area (Å²) in [5.74, 6) is -1.76. The first-order chi connectivity index (χ1) is 16.4. The smallest absolute Gasteiger partial charge is 0.264 e. The highest BCUT2D eigenvalue weighted by Crippen LogP contribution is 2.33. The van der Waals surface area contributed by atoms with Gasteiger partial charge in [-0.3, -0.25) is 18.8 Å². The van der Waals surface area contributed by atoms with Crippen LogP contribution in [0.5, 0.6) is 0 Å². The summed E-state index contributed by atoms with van der Waals surface area (Å²) in [5, 5.41) is 22.7. The fourth-order valence-electron chi connectivity index (χ4n) is 3.85. The number of nitrogens with zero attached hydrogens (tertiary/aromatic N) is 2. The molecule has 10 nitrogen and oxygen atoms in total. The van der Waals surface area contributed by atoms with Gasteiger partial charge in [0.15, 0.2) is 6.29 Å². The second-order valence-electron chi connectivity index (χ2n) is 8.63. The summed E-state index contributed by atoms with van der Waals surface area (Å²) in [5.41, 5.74) is 4.80. The van der Waals surface area contributed by atoms with Crippen LogP contribution in [0.2, 0.25) is 0 Å². The van der Waals surface area contributed by atoms with Crippen molar-refractivity contribution in [3.05, 3.63) is 75.0 Å². The van der Waals surface area contributed by atoms with Crippen molar-refractivity contribution in [2.24, 2.45) is 5.73 Å². The lowest BCUT2D eigenvalue weighted by molar-refractivity contribution is -0.0888. The fraction of sp³-hybridized carbons (Fsp3) is 0.348. The lowest BCUT2D eigenvalue weighted by atomic mass is 9.80. The molecule has 0 saturated carbocycles. The Morgan fingerprint density at radius 1 is 1.29 bits per heavy atom. The number of aromatic nitrogens is 2. The summed E-state index contributed by atoms with van der Waals surface area (Å²) in [4.78, 5) is 30.2. The van der Waals surface area contributed by atoms with E-state index < -0.39 is 39.8 Å². The third-order valence-electron chi connectivity index (χ3n) is 5.75. The van der Waals surface area contributed by atoms with Gasteiger partial charge < -0.3 is 30.4 Å². The minimum atomic E-state index is -2.33. The monoisotopic (exact) mass is 505 g/mol. The molecule has 35 heavy (non-hydrogen) atoms. The Morgan fingerprint density at radius 3 is 2.51 bits per heavy atom. The van der Waals surface area contributed by atoms with Crippen molar-refractivity contribution in [3.8, 4) is 0 Å². The molecule has 0 aliphatic heterocycles. The van der Waals surface area contributed by atoms with E-state index in [1.54, 1.807) is 18.2 Å². The number of aliphatic hydroxyl groups excluding tert-OH is 1. The summed E-state index contributed by atoms with van der Waals surface area (Å²) in [7, 11) is 0. The van der Waals surface area contributed by atoms with Crippen LogP contribution in [0, 0.1) is 5.82 Å². The molecule has 188 valence electrons. The van der Waals surface area contributed by atoms with Gasteiger partial charge in [0, 0.05) is 30.3 Å². The van der Waals surface area contributed by atoms with E-state index >= 15 is 0 Å². The Bertz CT molecular complexity index is 1320. The molecule has 0 spiro atoms. The zero-order valence-electron chi connectivity index (χ0n) is 19.2. The SMILES string of the molecule is CC(C)(c1c(C(N)=O)c(=O)n(CCNCS(=O)[O-])c2cc(Cc3ccc(F)cc3)cnc12)C(O)O. The van der Waals surface area contributed by atoms with Crippen molar-refractivity contribution in [3.63, 3.8) is 0 Å². The predicted molar refractivity (Wildman–Crippen MR) is 127 cm³/mol. The van der Waals surface area contributed by atoms with Crippen LogP contribution in [0.15, 0.2) is 41.3 Å². The molecule has 1 atom stereocenters. The van der Waals surface area contributed by atoms with Crippen LogP contribution in [0.1, 0.15) is 40.9 Å². The maximum atomic E-state index is 13.4. The number of nitrogens with two attached hydrogens (primary N) is 1. The van der Waals surface area contributed by atoms with Crippen LogP contribution >= 0.6 is 0 Å². The van der Waals surface area contributed by atoms with Gasteiger partial charge in [0.2, 0.25) is 0 Å². The van der Waals surface area contributed by atoms with Crippen molar-refractivity contribution in [1.29, 1.82) is 0 Å². The highest BCUT2D eigenvalue weighted by molar-refractivity contribution is 7.79. The topological polar surface area (TPSA) is 171 Å². The Kier molecular flexibility index (Phi) is 8.13. The fourth-order valence-corrected chi connectivity index (χ4v) is 4.16. The number of benzene rings is 1. The number of hydrogen-bond acceptors (Lipinski definition) is 8. The molecule has 1 aromatic carbocycles. The summed E-state index contributed by atoms with van der Waals surface area (Å²) in [6.45, 7) is 2.95. The number of carbonyl (C=O) groups is 1. The first kappa shape index (κ1) is 26.6. The molecular weight excluding hydrogens is 479 g/mol. The maximum absolute atomic E-state index is 13.4. The third kappa shape index (κ3) is 5.80. The van der Waals surface area contributed by atoms with Crippen molar-refractivity contribution >= 4 is 28.0 Å². The predicted octanol–water partition coefficient (Wildman–Crippen LogP) is 0.240. The van der Waals surface area contributed by atoms with Gasteiger partial charge in [0.1, 0.15) is 11.4 Å². The molecule has 0 bridgehead atoms. The number of rotatable bonds is 10. The van der Waals surface area contributed by atoms with Gasteiger partial charge in [-0.15, -0.1) is 0 Å². The number of halogens is 1. The van der Waals surface area contributed by atoms with Gasteiger partial charge in [-0.2, -0.15) is 0 Å². The molecule has 0 saturated heterocycles. The van der Waals surface area contributed by atoms with Crippen molar-refractivity contribution in [2.45, 2.75) is 38.5 Å². The summed E-state index contributed by atoms with van der Waals surface area (Å²) in [6, 6.07) is 7.56. The average Bonchev–Trinajstić information content (AvgIpc) is 2.78. The molecular formula is C23H26FN4O6S-. The number of amides is 1. The van der Waals surface area contributed by atoms with E-state index in [-0.39, 0.29) is 35.9 Å². The van der Waals surface area contributed by atoms with E-state index in [0.29, 0.717) is 17.5 Å². The molecule has 5 N–H and O–H groups in total. The zero-order valence-corrected chi connectivity index (χ0v) is 20.0. The molecule has 3 aromatic rings. The van der Waals surface area contributed by atoms with E-state index in [0.717, 1.165) is 5.56 Å². The van der Waals surface area contributed by atoms with Crippen LogP contribution in [-0.2, 0) is 29.5 Å². The van der Waals surface area contributed by atoms with E-state index in [4.69, 9.17) is 5.73 Å². The number of nitrogens with one attached hydrogen (secondary N) is 1. The van der Waals surface area contributed by atoms with Gasteiger partial charge in [0.25, 0.3) is 11.5 Å². The highest BCUT2D eigenvalue weighted by Gasteiger charge is 2.37. The standard InChI is InChI=1S/C23H27FN4O6S/c1-23(2,22(31)32)18-17(20(25)29)21(30)28(8-7-26-12-35(33)34)16-10-14(11-27-19(16)18)9-13-3-5-15(24)6-4-13/h3-6,10-11,22,26,31-32H,7-9,12H2,1-2H3,(H2,25,29)(H,33,34)/p-1. The first-order valence-corrected chi connectivity index (χ1v) is 11.9. The molecule has 12 heteroatoms. The largest absolute Gasteiger partial charge is 0.771 e. The molecule has 0 aliphatic rings. The highest BCUT2D eigenvalue weighted by atomic mass is 32.2. The van der Waals surface area contributed by atoms with E-state index in [1.165, 1.54) is 36.7 Å². The van der Waals surface area contributed by atoms with E-state index in [1.807, 2.05) is 0 Å². The van der Waals surface area contributed by atoms with Crippen LogP contribution in [0.4, 0.5) is 4.39 Å². The van der Waals surface area contributed by atoms with E-state index in [2.05, 4.69) is 10.3 Å². The van der Waals surface area contributed by atoms with Crippen molar-refractivity contribution in [1.82, 2.24) is 14.9 Å². The van der Waals surface area contributed by atoms with Gasteiger partial charge >= 0.3 is 0 Å². The van der Waals surface area contributed by atoms with Gasteiger partial charge in [-0.25, -0.2) is 4.39 Å². The molecule has 0 fully saturated rings. The van der Waals surface area contributed by atoms with E-state index in [9.17, 15) is 33.0 Å². The number of carbonyl (C=O) groups excluding carboxylic acids is 1. The van der Waals surface area contributed by atoms with Gasteiger partial charge in [0.05, 0.1) is 16.9 Å². The lowest BCUT2D eigenvalue weighted by Crippen LogP contribution is -2.41. The summed E-state index contributed by atoms with van der Waals surface area (Å²) >= 11 is -2.33. The number of aliphatic hydroxyl groups is 2. The van der Waals surface area contributed by atoms with Crippen LogP contribution < -0.4 is 16.6 Å². The first-order valence-electron chi connectivity index (χ1n) is 10.7. The van der Waals surface area contributed by atoms with Gasteiger partial charge in [-0.05, 0) is 46.8 Å². The van der Waals surface area contributed by atoms with Crippen molar-refractivity contribution < 1.29 is 28.2 Å². The van der Waals surface area contributed by atoms with Crippen LogP contribution in [0.3, 0.4) is 0 Å². The van der Waals surface area contributed by atoms with Crippen LogP contribution in [0.25, 0.3) is 11.0 Å². The number of fused-ring (bicyclic) bond motifs is 1. The number of hydrogen-bond donors (Lipinski definition) is 4. The summed E-state index contributed by atoms with van der Waals surface area (Å²) < 4.78 is 36.2. The van der Waals surface area contributed by atoms with Crippen molar-refractivity contribution in [2.75, 3.05) is 12.4 Å². The average molecular weight is 506 g/mol. The number of primary amides is 1. The molecule has 0 radical (unpaired) electrons. The lowest BCUT2D eigenvalue weighted by Gasteiger charge is -2.30. The van der Waals surface area contributed by atoms with Crippen LogP contribution in [-0.4, -0.2) is 53.1 Å². The summed E-state index contributed by atoms with van der Waals surface area (Å²) in [6.07, 6.45) is -0.0505. The zero-order chi connectivity index (χ0) is 25.9. The molecule has 2 aromatic heterocycles. The maximum Gasteiger partial charge on any atom is 0.264 e. The minimum Gasteiger partial charge on any atom is -0.771 e. The van der Waals surface area contributed by atoms with Gasteiger partial charge in [-0.1, -0.05) is 26.0 Å². The molecule has 2 heterocycles. The molecule has 1 unspecified atom stereocenters. The quantitative estimate of drug-likeness (QED) is 0.172. The second-order valence-corrected chi connectivity index (χ2v) is 9.53. The second kappa shape index (κ2) is 10.7.